The number of nitrogens with one attached hydrogen (secondary N) is 2. The Labute approximate surface area is 196 Å². The molecule has 2 amide bonds. The Balaban J connectivity index is 1.73. The standard InChI is InChI=1S/C21H17Cl2N5O5/c1-21(2)8-15(29)25-14-4-3-10(7-11(14)21)33-17-12(22)5-9(6-13(17)23)28-20(32)26-19(31)16(27-28)18(24)30/h3-7H,8H2,1-2H3,(H2,24,30)(H,25,29)(H,26,31,32). The highest BCUT2D eigenvalue weighted by Gasteiger charge is 2.32. The zero-order chi connectivity index (χ0) is 24.1. The zero-order valence-electron chi connectivity index (χ0n) is 17.4. The van der Waals surface area contributed by atoms with E-state index in [1.807, 2.05) is 18.8 Å². The largest absolute Gasteiger partial charge is 0.454 e. The number of rotatable bonds is 4. The molecule has 33 heavy (non-hydrogen) atoms. The van der Waals surface area contributed by atoms with E-state index in [9.17, 15) is 19.2 Å². The van der Waals surface area contributed by atoms with Crippen LogP contribution < -0.4 is 27.0 Å². The summed E-state index contributed by atoms with van der Waals surface area (Å²) in [6, 6.07) is 7.86. The Morgan fingerprint density at radius 2 is 1.82 bits per heavy atom. The summed E-state index contributed by atoms with van der Waals surface area (Å²) in [5, 5.41) is 6.62. The van der Waals surface area contributed by atoms with Crippen molar-refractivity contribution in [2.75, 3.05) is 5.32 Å². The smallest absolute Gasteiger partial charge is 0.349 e. The lowest BCUT2D eigenvalue weighted by Gasteiger charge is -2.32. The predicted octanol–water partition coefficient (Wildman–Crippen LogP) is 2.74. The van der Waals surface area contributed by atoms with E-state index in [2.05, 4.69) is 10.4 Å². The SMILES string of the molecule is CC1(C)CC(=O)Nc2ccc(Oc3c(Cl)cc(-n4nc(C(N)=O)c(=O)[nH]c4=O)cc3Cl)cc21. The maximum Gasteiger partial charge on any atom is 0.349 e. The molecule has 2 aromatic carbocycles. The molecule has 0 atom stereocenters. The summed E-state index contributed by atoms with van der Waals surface area (Å²) in [4.78, 5) is 49.1. The number of anilines is 1. The van der Waals surface area contributed by atoms with Gasteiger partial charge in [0.05, 0.1) is 15.7 Å². The molecule has 1 aromatic heterocycles. The first-order valence-electron chi connectivity index (χ1n) is 9.61. The van der Waals surface area contributed by atoms with E-state index in [4.69, 9.17) is 33.7 Å². The van der Waals surface area contributed by atoms with Crippen molar-refractivity contribution in [3.05, 3.63) is 72.5 Å². The number of carbonyl (C=O) groups is 2. The molecule has 10 nitrogen and oxygen atoms in total. The molecule has 0 spiro atoms. The van der Waals surface area contributed by atoms with E-state index in [0.717, 1.165) is 10.2 Å². The van der Waals surface area contributed by atoms with Crippen molar-refractivity contribution < 1.29 is 14.3 Å². The van der Waals surface area contributed by atoms with Gasteiger partial charge in [-0.3, -0.25) is 19.4 Å². The van der Waals surface area contributed by atoms with Crippen LogP contribution in [-0.2, 0) is 10.2 Å². The third kappa shape index (κ3) is 4.22. The van der Waals surface area contributed by atoms with Crippen molar-refractivity contribution in [1.29, 1.82) is 0 Å². The minimum Gasteiger partial charge on any atom is -0.454 e. The lowest BCUT2D eigenvalue weighted by Crippen LogP contribution is -2.37. The first kappa shape index (κ1) is 22.6. The summed E-state index contributed by atoms with van der Waals surface area (Å²) in [6.07, 6.45) is 0.327. The van der Waals surface area contributed by atoms with Crippen LogP contribution in [0.25, 0.3) is 5.69 Å². The van der Waals surface area contributed by atoms with Gasteiger partial charge in [-0.2, -0.15) is 9.78 Å². The van der Waals surface area contributed by atoms with Crippen molar-refractivity contribution in [3.63, 3.8) is 0 Å². The number of nitrogens with zero attached hydrogens (tertiary/aromatic N) is 2. The summed E-state index contributed by atoms with van der Waals surface area (Å²) < 4.78 is 6.66. The van der Waals surface area contributed by atoms with Crippen LogP contribution in [0.1, 0.15) is 36.3 Å². The fourth-order valence-corrected chi connectivity index (χ4v) is 4.12. The van der Waals surface area contributed by atoms with Crippen LogP contribution in [0.15, 0.2) is 39.9 Å². The number of carbonyl (C=O) groups excluding carboxylic acids is 2. The van der Waals surface area contributed by atoms with E-state index in [0.29, 0.717) is 17.9 Å². The summed E-state index contributed by atoms with van der Waals surface area (Å²) in [6.45, 7) is 3.91. The van der Waals surface area contributed by atoms with Crippen LogP contribution in [0.4, 0.5) is 5.69 Å². The molecule has 0 saturated heterocycles. The van der Waals surface area contributed by atoms with E-state index in [1.54, 1.807) is 18.2 Å². The first-order valence-corrected chi connectivity index (χ1v) is 10.4. The van der Waals surface area contributed by atoms with Crippen LogP contribution >= 0.6 is 23.2 Å². The molecule has 0 fully saturated rings. The Bertz CT molecular complexity index is 1420. The van der Waals surface area contributed by atoms with Crippen LogP contribution in [0.3, 0.4) is 0 Å². The Morgan fingerprint density at radius 1 is 1.15 bits per heavy atom. The molecule has 0 radical (unpaired) electrons. The van der Waals surface area contributed by atoms with Gasteiger partial charge in [-0.05, 0) is 35.9 Å². The molecule has 1 aliphatic rings. The van der Waals surface area contributed by atoms with Gasteiger partial charge in [-0.25, -0.2) is 4.79 Å². The second-order valence-electron chi connectivity index (χ2n) is 8.04. The number of H-pyrrole nitrogens is 1. The predicted molar refractivity (Wildman–Crippen MR) is 122 cm³/mol. The molecule has 12 heteroatoms. The average molecular weight is 490 g/mol. The van der Waals surface area contributed by atoms with Crippen LogP contribution in [-0.4, -0.2) is 26.6 Å². The number of fused-ring (bicyclic) bond motifs is 1. The Kier molecular flexibility index (Phi) is 5.51. The fourth-order valence-electron chi connectivity index (χ4n) is 3.57. The van der Waals surface area contributed by atoms with Gasteiger partial charge in [0.2, 0.25) is 11.6 Å². The molecular weight excluding hydrogens is 473 g/mol. The van der Waals surface area contributed by atoms with Gasteiger partial charge >= 0.3 is 5.69 Å². The number of ether oxygens (including phenoxy) is 1. The number of hydrogen-bond donors (Lipinski definition) is 3. The van der Waals surface area contributed by atoms with Crippen molar-refractivity contribution in [1.82, 2.24) is 14.8 Å². The molecule has 0 unspecified atom stereocenters. The molecular formula is C21H17Cl2N5O5. The topological polar surface area (TPSA) is 149 Å². The van der Waals surface area contributed by atoms with E-state index in [1.165, 1.54) is 12.1 Å². The van der Waals surface area contributed by atoms with Gasteiger partial charge in [-0.1, -0.05) is 37.0 Å². The third-order valence-corrected chi connectivity index (χ3v) is 5.67. The summed E-state index contributed by atoms with van der Waals surface area (Å²) in [5.41, 5.74) is 3.83. The van der Waals surface area contributed by atoms with Gasteiger partial charge in [0.1, 0.15) is 5.75 Å². The number of benzene rings is 2. The second-order valence-corrected chi connectivity index (χ2v) is 8.86. The number of aromatic amines is 1. The Hall–Kier alpha value is -3.63. The maximum atomic E-state index is 12.2. The zero-order valence-corrected chi connectivity index (χ0v) is 18.9. The number of halogens is 2. The summed E-state index contributed by atoms with van der Waals surface area (Å²) >= 11 is 12.7. The highest BCUT2D eigenvalue weighted by Crippen LogP contribution is 2.42. The molecule has 2 heterocycles. The second kappa shape index (κ2) is 8.05. The first-order chi connectivity index (χ1) is 15.5. The molecule has 0 aliphatic carbocycles. The van der Waals surface area contributed by atoms with E-state index < -0.39 is 28.3 Å². The van der Waals surface area contributed by atoms with Gasteiger partial charge < -0.3 is 15.8 Å². The maximum absolute atomic E-state index is 12.2. The van der Waals surface area contributed by atoms with Crippen LogP contribution in [0.5, 0.6) is 11.5 Å². The molecule has 4 rings (SSSR count). The monoisotopic (exact) mass is 489 g/mol. The number of primary amides is 1. The van der Waals surface area contributed by atoms with Crippen molar-refractivity contribution in [2.24, 2.45) is 5.73 Å². The number of hydrogen-bond acceptors (Lipinski definition) is 6. The molecule has 0 bridgehead atoms. The lowest BCUT2D eigenvalue weighted by atomic mass is 9.78. The third-order valence-electron chi connectivity index (χ3n) is 5.11. The van der Waals surface area contributed by atoms with Gasteiger partial charge in [-0.15, -0.1) is 0 Å². The summed E-state index contributed by atoms with van der Waals surface area (Å²) in [7, 11) is 0. The quantitative estimate of drug-likeness (QED) is 0.512. The average Bonchev–Trinajstić information content (AvgIpc) is 2.70. The van der Waals surface area contributed by atoms with Gasteiger partial charge in [0.15, 0.2) is 5.75 Å². The highest BCUT2D eigenvalue weighted by molar-refractivity contribution is 6.37. The molecule has 0 saturated carbocycles. The molecule has 1 aliphatic heterocycles. The van der Waals surface area contributed by atoms with Gasteiger partial charge in [0.25, 0.3) is 11.5 Å². The number of nitrogens with two attached hydrogens (primary N) is 1. The Morgan fingerprint density at radius 3 is 2.45 bits per heavy atom. The van der Waals surface area contributed by atoms with Crippen LogP contribution in [0, 0.1) is 0 Å². The van der Waals surface area contributed by atoms with Gasteiger partial charge in [0, 0.05) is 17.5 Å². The minimum atomic E-state index is -1.10. The molecule has 4 N–H and O–H groups in total. The normalized spacial score (nSPS) is 14.4. The van der Waals surface area contributed by atoms with E-state index >= 15 is 0 Å². The van der Waals surface area contributed by atoms with E-state index in [-0.39, 0.29) is 27.4 Å². The highest BCUT2D eigenvalue weighted by atomic mass is 35.5. The number of aromatic nitrogens is 3. The summed E-state index contributed by atoms with van der Waals surface area (Å²) in [5.74, 6) is -0.612. The van der Waals surface area contributed by atoms with Crippen LogP contribution in [0.2, 0.25) is 10.0 Å². The molecule has 170 valence electrons. The fraction of sp³-hybridized carbons (Fsp3) is 0.190. The molecule has 3 aromatic rings. The van der Waals surface area contributed by atoms with Crippen molar-refractivity contribution >= 4 is 40.7 Å². The number of amides is 2. The lowest BCUT2D eigenvalue weighted by molar-refractivity contribution is -0.117. The minimum absolute atomic E-state index is 0.0447. The van der Waals surface area contributed by atoms with Crippen molar-refractivity contribution in [3.8, 4) is 17.2 Å². The van der Waals surface area contributed by atoms with Crippen molar-refractivity contribution in [2.45, 2.75) is 25.7 Å².